The van der Waals surface area contributed by atoms with Gasteiger partial charge in [-0.1, -0.05) is 19.1 Å². The summed E-state index contributed by atoms with van der Waals surface area (Å²) in [5.74, 6) is -0.464. The Morgan fingerprint density at radius 1 is 1.53 bits per heavy atom. The first-order valence-corrected chi connectivity index (χ1v) is 5.04. The van der Waals surface area contributed by atoms with E-state index in [0.29, 0.717) is 18.5 Å². The van der Waals surface area contributed by atoms with E-state index in [0.717, 1.165) is 17.5 Å². The van der Waals surface area contributed by atoms with Crippen LogP contribution in [0.5, 0.6) is 5.75 Å². The fourth-order valence-electron chi connectivity index (χ4n) is 1.86. The van der Waals surface area contributed by atoms with Crippen molar-refractivity contribution in [2.45, 2.75) is 19.8 Å². The molecule has 0 aliphatic carbocycles. The average molecular weight is 204 g/mol. The number of aryl methyl sites for hydroxylation is 1. The number of carbonyl (C=O) groups is 2. The van der Waals surface area contributed by atoms with Crippen LogP contribution in [0.3, 0.4) is 0 Å². The van der Waals surface area contributed by atoms with Gasteiger partial charge in [0, 0.05) is 0 Å². The monoisotopic (exact) mass is 204 g/mol. The topological polar surface area (TPSA) is 43.4 Å². The molecule has 0 radical (unpaired) electrons. The van der Waals surface area contributed by atoms with Crippen LogP contribution in [0.15, 0.2) is 18.2 Å². The van der Waals surface area contributed by atoms with E-state index < -0.39 is 11.9 Å². The van der Waals surface area contributed by atoms with Crippen LogP contribution in [0, 0.1) is 5.92 Å². The van der Waals surface area contributed by atoms with Gasteiger partial charge in [-0.05, 0) is 30.0 Å². The smallest absolute Gasteiger partial charge is 0.321 e. The summed E-state index contributed by atoms with van der Waals surface area (Å²) in [6, 6.07) is 5.64. The van der Waals surface area contributed by atoms with Gasteiger partial charge < -0.3 is 9.53 Å². The summed E-state index contributed by atoms with van der Waals surface area (Å²) >= 11 is 0. The number of esters is 1. The number of carbonyl (C=O) groups excluding carboxylic acids is 2. The van der Waals surface area contributed by atoms with Crippen molar-refractivity contribution in [2.24, 2.45) is 5.92 Å². The van der Waals surface area contributed by atoms with Gasteiger partial charge in [0.25, 0.3) is 0 Å². The third-order valence-corrected chi connectivity index (χ3v) is 2.71. The second-order valence-corrected chi connectivity index (χ2v) is 3.62. The summed E-state index contributed by atoms with van der Waals surface area (Å²) in [7, 11) is 0. The number of fused-ring (bicyclic) bond motifs is 1. The first-order valence-electron chi connectivity index (χ1n) is 5.04. The molecule has 1 heterocycles. The number of aldehydes is 1. The molecule has 0 fully saturated rings. The van der Waals surface area contributed by atoms with Gasteiger partial charge in [0.1, 0.15) is 18.0 Å². The maximum atomic E-state index is 11.3. The van der Waals surface area contributed by atoms with E-state index in [9.17, 15) is 9.59 Å². The number of hydrogen-bond donors (Lipinski definition) is 0. The van der Waals surface area contributed by atoms with Crippen LogP contribution in [0.1, 0.15) is 18.1 Å². The highest BCUT2D eigenvalue weighted by molar-refractivity contribution is 5.91. The lowest BCUT2D eigenvalue weighted by molar-refractivity contribution is -0.142. The average Bonchev–Trinajstić information content (AvgIpc) is 2.27. The van der Waals surface area contributed by atoms with Crippen molar-refractivity contribution in [3.63, 3.8) is 0 Å². The quantitative estimate of drug-likeness (QED) is 0.317. The molecule has 0 amide bonds. The van der Waals surface area contributed by atoms with Crippen LogP contribution < -0.4 is 4.74 Å². The minimum Gasteiger partial charge on any atom is -0.426 e. The van der Waals surface area contributed by atoms with Crippen LogP contribution in [0.2, 0.25) is 0 Å². The molecule has 1 aliphatic heterocycles. The Hall–Kier alpha value is -1.64. The van der Waals surface area contributed by atoms with Crippen LogP contribution >= 0.6 is 0 Å². The van der Waals surface area contributed by atoms with Gasteiger partial charge in [-0.3, -0.25) is 4.79 Å². The Bertz CT molecular complexity index is 409. The first-order chi connectivity index (χ1) is 7.26. The van der Waals surface area contributed by atoms with Crippen LogP contribution in [-0.2, 0) is 22.4 Å². The zero-order valence-corrected chi connectivity index (χ0v) is 8.53. The normalized spacial score (nSPS) is 19.3. The molecule has 1 aromatic rings. The predicted octanol–water partition coefficient (Wildman–Crippen LogP) is 1.53. The van der Waals surface area contributed by atoms with Crippen molar-refractivity contribution in [1.82, 2.24) is 0 Å². The molecular formula is C12H12O3. The predicted molar refractivity (Wildman–Crippen MR) is 54.7 cm³/mol. The lowest BCUT2D eigenvalue weighted by Gasteiger charge is -2.21. The van der Waals surface area contributed by atoms with E-state index in [1.54, 1.807) is 6.07 Å². The number of benzene rings is 1. The molecular weight excluding hydrogens is 192 g/mol. The van der Waals surface area contributed by atoms with Gasteiger partial charge in [0.05, 0.1) is 0 Å². The number of hydrogen-bond acceptors (Lipinski definition) is 3. The summed E-state index contributed by atoms with van der Waals surface area (Å²) in [4.78, 5) is 22.0. The highest BCUT2D eigenvalue weighted by Crippen LogP contribution is 2.30. The van der Waals surface area contributed by atoms with Gasteiger partial charge in [-0.2, -0.15) is 0 Å². The molecule has 0 aromatic heterocycles. The molecule has 78 valence electrons. The van der Waals surface area contributed by atoms with Crippen molar-refractivity contribution in [2.75, 3.05) is 0 Å². The van der Waals surface area contributed by atoms with E-state index in [1.807, 2.05) is 19.1 Å². The van der Waals surface area contributed by atoms with E-state index in [-0.39, 0.29) is 0 Å². The minimum absolute atomic E-state index is 0.439. The first kappa shape index (κ1) is 9.90. The number of rotatable bonds is 2. The van der Waals surface area contributed by atoms with Crippen LogP contribution in [0.25, 0.3) is 0 Å². The maximum Gasteiger partial charge on any atom is 0.321 e. The van der Waals surface area contributed by atoms with Gasteiger partial charge in [0.2, 0.25) is 0 Å². The Morgan fingerprint density at radius 2 is 2.33 bits per heavy atom. The Balaban J connectivity index is 2.44. The molecule has 1 unspecified atom stereocenters. The minimum atomic E-state index is -0.634. The number of ether oxygens (including phenoxy) is 1. The molecule has 1 atom stereocenters. The third-order valence-electron chi connectivity index (χ3n) is 2.71. The van der Waals surface area contributed by atoms with Gasteiger partial charge >= 0.3 is 5.97 Å². The van der Waals surface area contributed by atoms with Crippen molar-refractivity contribution in [3.8, 4) is 5.75 Å². The van der Waals surface area contributed by atoms with E-state index in [2.05, 4.69) is 0 Å². The van der Waals surface area contributed by atoms with Gasteiger partial charge in [-0.15, -0.1) is 0 Å². The molecule has 0 saturated carbocycles. The SMILES string of the molecule is CCc1cccc2c1CC(C=O)C(=O)O2. The van der Waals surface area contributed by atoms with Crippen molar-refractivity contribution >= 4 is 12.3 Å². The summed E-state index contributed by atoms with van der Waals surface area (Å²) in [5, 5.41) is 0. The van der Waals surface area contributed by atoms with Crippen LogP contribution in [0.4, 0.5) is 0 Å². The van der Waals surface area contributed by atoms with Crippen molar-refractivity contribution in [3.05, 3.63) is 29.3 Å². The summed E-state index contributed by atoms with van der Waals surface area (Å²) in [5.41, 5.74) is 2.14. The zero-order valence-electron chi connectivity index (χ0n) is 8.53. The fourth-order valence-corrected chi connectivity index (χ4v) is 1.86. The molecule has 2 rings (SSSR count). The van der Waals surface area contributed by atoms with Crippen molar-refractivity contribution < 1.29 is 14.3 Å². The van der Waals surface area contributed by atoms with Crippen molar-refractivity contribution in [1.29, 1.82) is 0 Å². The van der Waals surface area contributed by atoms with E-state index in [1.165, 1.54) is 0 Å². The summed E-state index contributed by atoms with van der Waals surface area (Å²) in [6.45, 7) is 2.04. The Labute approximate surface area is 88.1 Å². The molecule has 1 aromatic carbocycles. The fraction of sp³-hybridized carbons (Fsp3) is 0.333. The highest BCUT2D eigenvalue weighted by atomic mass is 16.5. The maximum absolute atomic E-state index is 11.3. The molecule has 0 spiro atoms. The van der Waals surface area contributed by atoms with E-state index in [4.69, 9.17) is 4.74 Å². The largest absolute Gasteiger partial charge is 0.426 e. The van der Waals surface area contributed by atoms with E-state index >= 15 is 0 Å². The molecule has 0 saturated heterocycles. The molecule has 15 heavy (non-hydrogen) atoms. The standard InChI is InChI=1S/C12H12O3/c1-2-8-4-3-5-11-10(8)6-9(7-13)12(14)15-11/h3-5,7,9H,2,6H2,1H3. The molecule has 1 aliphatic rings. The van der Waals surface area contributed by atoms with Gasteiger partial charge in [0.15, 0.2) is 0 Å². The Kier molecular flexibility index (Phi) is 2.54. The second kappa shape index (κ2) is 3.85. The molecule has 3 heteroatoms. The Morgan fingerprint density at radius 3 is 3.00 bits per heavy atom. The summed E-state index contributed by atoms with van der Waals surface area (Å²) < 4.78 is 5.11. The lowest BCUT2D eigenvalue weighted by atomic mass is 9.92. The lowest BCUT2D eigenvalue weighted by Crippen LogP contribution is -2.29. The summed E-state index contributed by atoms with van der Waals surface area (Å²) in [6.07, 6.45) is 2.02. The zero-order chi connectivity index (χ0) is 10.8. The molecule has 3 nitrogen and oxygen atoms in total. The third kappa shape index (κ3) is 1.65. The second-order valence-electron chi connectivity index (χ2n) is 3.62. The molecule has 0 N–H and O–H groups in total. The highest BCUT2D eigenvalue weighted by Gasteiger charge is 2.28. The van der Waals surface area contributed by atoms with Crippen LogP contribution in [-0.4, -0.2) is 12.3 Å². The molecule has 0 bridgehead atoms. The van der Waals surface area contributed by atoms with Gasteiger partial charge in [-0.25, -0.2) is 0 Å².